The van der Waals surface area contributed by atoms with Crippen molar-refractivity contribution in [1.82, 2.24) is 9.88 Å². The molecule has 1 N–H and O–H groups in total. The summed E-state index contributed by atoms with van der Waals surface area (Å²) in [6, 6.07) is 7.78. The maximum Gasteiger partial charge on any atom is 0.433 e. The Morgan fingerprint density at radius 2 is 1.96 bits per heavy atom. The van der Waals surface area contributed by atoms with E-state index in [9.17, 15) is 23.1 Å². The SMILES string of the molecule is Cc1cc(C(F)(F)F)nc(-c2ccc(CN3CCCOCC3=O)cc2)c1CO. The Balaban J connectivity index is 1.88. The molecule has 0 spiro atoms. The third-order valence-corrected chi connectivity index (χ3v) is 4.69. The van der Waals surface area contributed by atoms with Gasteiger partial charge >= 0.3 is 6.18 Å². The van der Waals surface area contributed by atoms with Crippen LogP contribution in [-0.2, 0) is 28.9 Å². The molecule has 1 aliphatic heterocycles. The summed E-state index contributed by atoms with van der Waals surface area (Å²) < 4.78 is 44.6. The quantitative estimate of drug-likeness (QED) is 0.864. The van der Waals surface area contributed by atoms with Gasteiger partial charge in [-0.3, -0.25) is 4.79 Å². The molecule has 1 saturated heterocycles. The van der Waals surface area contributed by atoms with Gasteiger partial charge in [0.25, 0.3) is 0 Å². The van der Waals surface area contributed by atoms with Crippen LogP contribution in [0.2, 0.25) is 0 Å². The molecule has 2 heterocycles. The molecule has 1 aliphatic rings. The molecule has 28 heavy (non-hydrogen) atoms. The summed E-state index contributed by atoms with van der Waals surface area (Å²) in [6.45, 7) is 2.73. The van der Waals surface area contributed by atoms with Crippen molar-refractivity contribution in [1.29, 1.82) is 0 Å². The summed E-state index contributed by atoms with van der Waals surface area (Å²) >= 11 is 0. The predicted molar refractivity (Wildman–Crippen MR) is 96.2 cm³/mol. The van der Waals surface area contributed by atoms with Crippen molar-refractivity contribution in [2.24, 2.45) is 0 Å². The lowest BCUT2D eigenvalue weighted by Crippen LogP contribution is -2.32. The number of rotatable bonds is 4. The van der Waals surface area contributed by atoms with E-state index in [0.29, 0.717) is 36.4 Å². The average molecular weight is 394 g/mol. The molecular weight excluding hydrogens is 373 g/mol. The number of benzene rings is 1. The molecule has 150 valence electrons. The molecular formula is C20H21F3N2O3. The maximum atomic E-state index is 13.1. The topological polar surface area (TPSA) is 62.7 Å². The Labute approximate surface area is 160 Å². The largest absolute Gasteiger partial charge is 0.433 e. The smallest absolute Gasteiger partial charge is 0.392 e. The molecule has 0 atom stereocenters. The summed E-state index contributed by atoms with van der Waals surface area (Å²) in [4.78, 5) is 17.5. The molecule has 2 aromatic rings. The number of nitrogens with zero attached hydrogens (tertiary/aromatic N) is 2. The van der Waals surface area contributed by atoms with E-state index < -0.39 is 18.5 Å². The number of carbonyl (C=O) groups is 1. The number of aliphatic hydroxyl groups is 1. The van der Waals surface area contributed by atoms with Gasteiger partial charge in [-0.05, 0) is 30.5 Å². The summed E-state index contributed by atoms with van der Waals surface area (Å²) in [5.74, 6) is -0.0840. The number of alkyl halides is 3. The van der Waals surface area contributed by atoms with Gasteiger partial charge in [0, 0.05) is 30.8 Å². The molecule has 0 saturated carbocycles. The fraction of sp³-hybridized carbons (Fsp3) is 0.400. The second-order valence-electron chi connectivity index (χ2n) is 6.73. The van der Waals surface area contributed by atoms with Crippen molar-refractivity contribution in [3.05, 3.63) is 52.7 Å². The van der Waals surface area contributed by atoms with Crippen molar-refractivity contribution in [3.8, 4) is 11.3 Å². The van der Waals surface area contributed by atoms with E-state index in [4.69, 9.17) is 4.74 Å². The number of pyridine rings is 1. The zero-order chi connectivity index (χ0) is 20.3. The summed E-state index contributed by atoms with van der Waals surface area (Å²) in [5, 5.41) is 9.60. The monoisotopic (exact) mass is 394 g/mol. The molecule has 0 aliphatic carbocycles. The highest BCUT2D eigenvalue weighted by Crippen LogP contribution is 2.33. The summed E-state index contributed by atoms with van der Waals surface area (Å²) in [6.07, 6.45) is -3.81. The van der Waals surface area contributed by atoms with Crippen molar-refractivity contribution in [2.75, 3.05) is 19.8 Å². The van der Waals surface area contributed by atoms with Crippen LogP contribution in [0.3, 0.4) is 0 Å². The Bertz CT molecular complexity index is 851. The predicted octanol–water partition coefficient (Wildman–Crippen LogP) is 3.32. The third kappa shape index (κ3) is 4.51. The Hall–Kier alpha value is -2.45. The number of aliphatic hydroxyl groups excluding tert-OH is 1. The van der Waals surface area contributed by atoms with Crippen molar-refractivity contribution >= 4 is 5.91 Å². The minimum atomic E-state index is -4.57. The second kappa shape index (κ2) is 8.28. The van der Waals surface area contributed by atoms with E-state index in [0.717, 1.165) is 18.1 Å². The highest BCUT2D eigenvalue weighted by Gasteiger charge is 2.33. The maximum absolute atomic E-state index is 13.1. The van der Waals surface area contributed by atoms with Crippen LogP contribution in [0.1, 0.15) is 28.8 Å². The number of halogens is 3. The zero-order valence-electron chi connectivity index (χ0n) is 15.4. The van der Waals surface area contributed by atoms with E-state index >= 15 is 0 Å². The van der Waals surface area contributed by atoms with Crippen LogP contribution in [0.15, 0.2) is 30.3 Å². The first-order valence-corrected chi connectivity index (χ1v) is 8.93. The normalized spacial score (nSPS) is 15.6. The van der Waals surface area contributed by atoms with Crippen LogP contribution in [0, 0.1) is 6.92 Å². The van der Waals surface area contributed by atoms with E-state index in [1.807, 2.05) is 0 Å². The van der Waals surface area contributed by atoms with Crippen molar-refractivity contribution in [2.45, 2.75) is 32.7 Å². The number of aryl methyl sites for hydroxylation is 1. The molecule has 5 nitrogen and oxygen atoms in total. The minimum absolute atomic E-state index is 0.0609. The second-order valence-corrected chi connectivity index (χ2v) is 6.73. The summed E-state index contributed by atoms with van der Waals surface area (Å²) in [5.41, 5.74) is 1.15. The van der Waals surface area contributed by atoms with Gasteiger partial charge in [0.15, 0.2) is 0 Å². The molecule has 0 bridgehead atoms. The van der Waals surface area contributed by atoms with Crippen LogP contribution < -0.4 is 0 Å². The molecule has 0 radical (unpaired) electrons. The first-order valence-electron chi connectivity index (χ1n) is 8.93. The minimum Gasteiger partial charge on any atom is -0.392 e. The average Bonchev–Trinajstić information content (AvgIpc) is 2.85. The highest BCUT2D eigenvalue weighted by molar-refractivity contribution is 5.77. The van der Waals surface area contributed by atoms with Gasteiger partial charge in [0.1, 0.15) is 12.3 Å². The third-order valence-electron chi connectivity index (χ3n) is 4.69. The van der Waals surface area contributed by atoms with Gasteiger partial charge in [0.05, 0.1) is 12.3 Å². The van der Waals surface area contributed by atoms with E-state index in [1.165, 1.54) is 6.92 Å². The molecule has 1 amide bonds. The lowest BCUT2D eigenvalue weighted by molar-refractivity contribution is -0.141. The van der Waals surface area contributed by atoms with Gasteiger partial charge in [-0.15, -0.1) is 0 Å². The number of amides is 1. The van der Waals surface area contributed by atoms with Crippen LogP contribution in [-0.4, -0.2) is 40.7 Å². The first-order chi connectivity index (χ1) is 13.3. The van der Waals surface area contributed by atoms with Crippen LogP contribution in [0.5, 0.6) is 0 Å². The van der Waals surface area contributed by atoms with Crippen LogP contribution >= 0.6 is 0 Å². The van der Waals surface area contributed by atoms with E-state index in [2.05, 4.69) is 4.98 Å². The fourth-order valence-electron chi connectivity index (χ4n) is 3.17. The molecule has 0 unspecified atom stereocenters. The van der Waals surface area contributed by atoms with Gasteiger partial charge in [-0.1, -0.05) is 24.3 Å². The molecule has 3 rings (SSSR count). The van der Waals surface area contributed by atoms with Gasteiger partial charge in [0.2, 0.25) is 5.91 Å². The van der Waals surface area contributed by atoms with Gasteiger partial charge < -0.3 is 14.7 Å². The van der Waals surface area contributed by atoms with Gasteiger partial charge in [-0.2, -0.15) is 13.2 Å². The highest BCUT2D eigenvalue weighted by atomic mass is 19.4. The van der Waals surface area contributed by atoms with Crippen LogP contribution in [0.4, 0.5) is 13.2 Å². The van der Waals surface area contributed by atoms with Crippen LogP contribution in [0.25, 0.3) is 11.3 Å². The first kappa shape index (κ1) is 20.3. The van der Waals surface area contributed by atoms with E-state index in [1.54, 1.807) is 29.2 Å². The van der Waals surface area contributed by atoms with Crippen molar-refractivity contribution < 1.29 is 27.8 Å². The molecule has 8 heteroatoms. The summed E-state index contributed by atoms with van der Waals surface area (Å²) in [7, 11) is 0. The van der Waals surface area contributed by atoms with Gasteiger partial charge in [-0.25, -0.2) is 4.98 Å². The Kier molecular flexibility index (Phi) is 6.00. The van der Waals surface area contributed by atoms with E-state index in [-0.39, 0.29) is 18.2 Å². The lowest BCUT2D eigenvalue weighted by atomic mass is 10.00. The molecule has 1 aromatic carbocycles. The Morgan fingerprint density at radius 3 is 2.61 bits per heavy atom. The number of hydrogen-bond donors (Lipinski definition) is 1. The molecule has 1 aromatic heterocycles. The number of ether oxygens (including phenoxy) is 1. The standard InChI is InChI=1S/C20H21F3N2O3/c1-13-9-17(20(21,22)23)24-19(16(13)11-26)15-5-3-14(4-6-15)10-25-7-2-8-28-12-18(25)27/h3-6,9,26H,2,7-8,10-12H2,1H3. The number of aromatic nitrogens is 1. The number of carbonyl (C=O) groups excluding carboxylic acids is 1. The number of hydrogen-bond acceptors (Lipinski definition) is 4. The zero-order valence-corrected chi connectivity index (χ0v) is 15.4. The van der Waals surface area contributed by atoms with Crippen molar-refractivity contribution in [3.63, 3.8) is 0 Å². The fourth-order valence-corrected chi connectivity index (χ4v) is 3.17. The lowest BCUT2D eigenvalue weighted by Gasteiger charge is -2.20. The Morgan fingerprint density at radius 1 is 1.25 bits per heavy atom. The molecule has 1 fully saturated rings.